The molecule has 1 aromatic rings. The van der Waals surface area contributed by atoms with Gasteiger partial charge in [0.05, 0.1) is 0 Å². The average molecular weight is 174 g/mol. The van der Waals surface area contributed by atoms with Crippen LogP contribution in [0.3, 0.4) is 0 Å². The monoisotopic (exact) mass is 174 g/mol. The fraction of sp³-hybridized carbons (Fsp3) is 0.250. The van der Waals surface area contributed by atoms with Crippen LogP contribution in [0.15, 0.2) is 42.1 Å². The molecule has 0 bridgehead atoms. The largest absolute Gasteiger partial charge is 0.383 e. The quantitative estimate of drug-likeness (QED) is 0.683. The van der Waals surface area contributed by atoms with Gasteiger partial charge in [-0.15, -0.1) is 5.73 Å². The Balaban J connectivity index is 2.96. The smallest absolute Gasteiger partial charge is 0.107 e. The van der Waals surface area contributed by atoms with Crippen molar-refractivity contribution < 1.29 is 5.11 Å². The molecule has 0 aromatic heterocycles. The van der Waals surface area contributed by atoms with Crippen LogP contribution in [0.25, 0.3) is 0 Å². The number of aliphatic hydroxyl groups is 1. The molecule has 0 heterocycles. The van der Waals surface area contributed by atoms with Gasteiger partial charge in [-0.2, -0.15) is 0 Å². The van der Waals surface area contributed by atoms with Gasteiger partial charge in [0.15, 0.2) is 0 Å². The van der Waals surface area contributed by atoms with Crippen LogP contribution in [0, 0.1) is 6.92 Å². The third kappa shape index (κ3) is 2.32. The molecule has 1 aromatic carbocycles. The van der Waals surface area contributed by atoms with Crippen LogP contribution in [-0.4, -0.2) is 5.11 Å². The van der Waals surface area contributed by atoms with Crippen molar-refractivity contribution in [1.82, 2.24) is 0 Å². The molecule has 0 unspecified atom stereocenters. The predicted molar refractivity (Wildman–Crippen MR) is 54.5 cm³/mol. The van der Waals surface area contributed by atoms with Crippen LogP contribution < -0.4 is 0 Å². The number of hydrogen-bond acceptors (Lipinski definition) is 1. The number of aryl methyl sites for hydroxylation is 1. The van der Waals surface area contributed by atoms with Gasteiger partial charge in [-0.25, -0.2) is 0 Å². The summed E-state index contributed by atoms with van der Waals surface area (Å²) < 4.78 is 0. The Hall–Kier alpha value is -1.30. The highest BCUT2D eigenvalue weighted by Crippen LogP contribution is 2.20. The van der Waals surface area contributed by atoms with Gasteiger partial charge < -0.3 is 5.11 Å². The molecule has 13 heavy (non-hydrogen) atoms. The maximum absolute atomic E-state index is 9.74. The standard InChI is InChI=1S/C12H14O/c1-4-10(3)12(13)11-7-5-9(2)6-8-11/h5-8,12-13H,1H2,2-3H3/t12-/m1/s1. The van der Waals surface area contributed by atoms with E-state index >= 15 is 0 Å². The normalized spacial score (nSPS) is 11.9. The van der Waals surface area contributed by atoms with E-state index in [0.717, 1.165) is 11.1 Å². The maximum Gasteiger partial charge on any atom is 0.107 e. The molecule has 1 nitrogen and oxygen atoms in total. The zero-order valence-corrected chi connectivity index (χ0v) is 8.04. The van der Waals surface area contributed by atoms with E-state index in [9.17, 15) is 5.11 Å². The summed E-state index contributed by atoms with van der Waals surface area (Å²) >= 11 is 0. The van der Waals surface area contributed by atoms with E-state index < -0.39 is 6.10 Å². The number of hydrogen-bond donors (Lipinski definition) is 1. The number of rotatable bonds is 2. The highest BCUT2D eigenvalue weighted by molar-refractivity contribution is 5.27. The topological polar surface area (TPSA) is 20.2 Å². The first kappa shape index (κ1) is 9.79. The fourth-order valence-corrected chi connectivity index (χ4v) is 1.10. The first-order valence-corrected chi connectivity index (χ1v) is 4.26. The third-order valence-electron chi connectivity index (χ3n) is 2.08. The second kappa shape index (κ2) is 4.08. The van der Waals surface area contributed by atoms with Gasteiger partial charge in [-0.3, -0.25) is 0 Å². The first-order valence-electron chi connectivity index (χ1n) is 4.26. The summed E-state index contributed by atoms with van der Waals surface area (Å²) in [4.78, 5) is 0. The van der Waals surface area contributed by atoms with Crippen molar-refractivity contribution in [2.45, 2.75) is 20.0 Å². The van der Waals surface area contributed by atoms with Gasteiger partial charge in [0.1, 0.15) is 6.10 Å². The van der Waals surface area contributed by atoms with Gasteiger partial charge in [-0.05, 0) is 19.4 Å². The molecular weight excluding hydrogens is 160 g/mol. The molecule has 0 amide bonds. The van der Waals surface area contributed by atoms with E-state index in [0.29, 0.717) is 0 Å². The second-order valence-corrected chi connectivity index (χ2v) is 3.17. The predicted octanol–water partition coefficient (Wildman–Crippen LogP) is 2.76. The lowest BCUT2D eigenvalue weighted by atomic mass is 10.0. The molecule has 0 aliphatic heterocycles. The Labute approximate surface area is 79.0 Å². The zero-order chi connectivity index (χ0) is 9.84. The molecule has 0 aliphatic rings. The van der Waals surface area contributed by atoms with Crippen molar-refractivity contribution in [3.05, 3.63) is 53.3 Å². The van der Waals surface area contributed by atoms with E-state index in [1.165, 1.54) is 5.56 Å². The van der Waals surface area contributed by atoms with Crippen molar-refractivity contribution >= 4 is 0 Å². The Bertz CT molecular complexity index is 329. The molecule has 0 fully saturated rings. The van der Waals surface area contributed by atoms with Crippen LogP contribution in [0.2, 0.25) is 0 Å². The average Bonchev–Trinajstić information content (AvgIpc) is 2.17. The summed E-state index contributed by atoms with van der Waals surface area (Å²) in [5.41, 5.74) is 5.53. The van der Waals surface area contributed by atoms with Gasteiger partial charge in [-0.1, -0.05) is 36.4 Å². The van der Waals surface area contributed by atoms with Crippen molar-refractivity contribution in [2.24, 2.45) is 0 Å². The van der Waals surface area contributed by atoms with Crippen LogP contribution in [0.1, 0.15) is 24.2 Å². The van der Waals surface area contributed by atoms with E-state index in [-0.39, 0.29) is 0 Å². The molecule has 0 saturated heterocycles. The maximum atomic E-state index is 9.74. The summed E-state index contributed by atoms with van der Waals surface area (Å²) in [7, 11) is 0. The molecule has 68 valence electrons. The number of aliphatic hydroxyl groups excluding tert-OH is 1. The minimum atomic E-state index is -0.571. The van der Waals surface area contributed by atoms with Crippen LogP contribution in [0.4, 0.5) is 0 Å². The minimum absolute atomic E-state index is 0.571. The molecule has 0 aliphatic carbocycles. The Kier molecular flexibility index (Phi) is 3.07. The molecule has 1 heteroatoms. The van der Waals surface area contributed by atoms with Crippen LogP contribution >= 0.6 is 0 Å². The van der Waals surface area contributed by atoms with Gasteiger partial charge in [0.2, 0.25) is 0 Å². The Morgan fingerprint density at radius 1 is 1.38 bits per heavy atom. The zero-order valence-electron chi connectivity index (χ0n) is 8.04. The van der Waals surface area contributed by atoms with Crippen molar-refractivity contribution in [3.8, 4) is 0 Å². The fourth-order valence-electron chi connectivity index (χ4n) is 1.10. The van der Waals surface area contributed by atoms with E-state index in [2.05, 4.69) is 12.3 Å². The summed E-state index contributed by atoms with van der Waals surface area (Å²) in [5, 5.41) is 9.74. The van der Waals surface area contributed by atoms with E-state index in [1.807, 2.05) is 38.1 Å². The Morgan fingerprint density at radius 2 is 1.92 bits per heavy atom. The summed E-state index contributed by atoms with van der Waals surface area (Å²) in [5.74, 6) is 0. The molecule has 1 N–H and O–H groups in total. The summed E-state index contributed by atoms with van der Waals surface area (Å²) in [6.07, 6.45) is -0.571. The van der Waals surface area contributed by atoms with Crippen LogP contribution in [-0.2, 0) is 0 Å². The summed E-state index contributed by atoms with van der Waals surface area (Å²) in [6, 6.07) is 7.80. The van der Waals surface area contributed by atoms with Gasteiger partial charge in [0, 0.05) is 5.57 Å². The highest BCUT2D eigenvalue weighted by atomic mass is 16.3. The van der Waals surface area contributed by atoms with Crippen LogP contribution in [0.5, 0.6) is 0 Å². The highest BCUT2D eigenvalue weighted by Gasteiger charge is 2.07. The van der Waals surface area contributed by atoms with Gasteiger partial charge in [0.25, 0.3) is 0 Å². The van der Waals surface area contributed by atoms with E-state index in [1.54, 1.807) is 0 Å². The second-order valence-electron chi connectivity index (χ2n) is 3.17. The lowest BCUT2D eigenvalue weighted by Crippen LogP contribution is -1.97. The van der Waals surface area contributed by atoms with E-state index in [4.69, 9.17) is 0 Å². The summed E-state index contributed by atoms with van der Waals surface area (Å²) in [6.45, 7) is 7.34. The molecule has 0 spiro atoms. The molecule has 0 radical (unpaired) electrons. The van der Waals surface area contributed by atoms with Crippen molar-refractivity contribution in [1.29, 1.82) is 0 Å². The Morgan fingerprint density at radius 3 is 2.38 bits per heavy atom. The lowest BCUT2D eigenvalue weighted by molar-refractivity contribution is 0.216. The molecule has 0 saturated carbocycles. The molecule has 1 rings (SSSR count). The molecule has 1 atom stereocenters. The minimum Gasteiger partial charge on any atom is -0.383 e. The SMILES string of the molecule is C=C=C(C)[C@@H](O)c1ccc(C)cc1. The van der Waals surface area contributed by atoms with Crippen molar-refractivity contribution in [2.75, 3.05) is 0 Å². The van der Waals surface area contributed by atoms with Gasteiger partial charge >= 0.3 is 0 Å². The van der Waals surface area contributed by atoms with Crippen molar-refractivity contribution in [3.63, 3.8) is 0 Å². The lowest BCUT2D eigenvalue weighted by Gasteiger charge is -2.09. The third-order valence-corrected chi connectivity index (χ3v) is 2.08. The first-order chi connectivity index (χ1) is 6.15. The molecular formula is C12H14O. The number of benzene rings is 1.